The molecule has 0 radical (unpaired) electrons. The average molecular weight is 416 g/mol. The van der Waals surface area contributed by atoms with Crippen LogP contribution in [-0.2, 0) is 11.0 Å². The van der Waals surface area contributed by atoms with Gasteiger partial charge in [-0.1, -0.05) is 44.2 Å². The number of carbonyl (C=O) groups excluding carboxylic acids is 2. The zero-order chi connectivity index (χ0) is 21.9. The van der Waals surface area contributed by atoms with Gasteiger partial charge in [0.1, 0.15) is 0 Å². The molecule has 2 amide bonds. The molecule has 0 N–H and O–H groups in total. The maximum Gasteiger partial charge on any atom is 0.418 e. The first-order chi connectivity index (χ1) is 14.3. The highest BCUT2D eigenvalue weighted by molar-refractivity contribution is 6.41. The molecule has 30 heavy (non-hydrogen) atoms. The molecule has 4 nitrogen and oxygen atoms in total. The highest BCUT2D eigenvalue weighted by Gasteiger charge is 2.41. The summed E-state index contributed by atoms with van der Waals surface area (Å²) in [5.41, 5.74) is -0.634. The van der Waals surface area contributed by atoms with Crippen molar-refractivity contribution in [1.29, 1.82) is 0 Å². The number of amides is 2. The van der Waals surface area contributed by atoms with E-state index in [4.69, 9.17) is 0 Å². The fraction of sp³-hybridized carbons (Fsp3) is 0.304. The Labute approximate surface area is 173 Å². The fourth-order valence-electron chi connectivity index (χ4n) is 3.60. The Balaban J connectivity index is 2.20. The lowest BCUT2D eigenvalue weighted by Crippen LogP contribution is -2.43. The molecule has 0 unspecified atom stereocenters. The molecule has 0 bridgehead atoms. The Morgan fingerprint density at radius 1 is 0.867 bits per heavy atom. The standard InChI is InChI=1S/C23H23F3N2O2/c1-3-13-27(14-4-2)15-18-16-9-5-6-10-17(16)21(29)28(22(18)30)20-12-8-7-11-19(20)23(24,25)26/h5-12,15H,3-4,13-14H2,1-2H3/b18-15+. The third-order valence-electron chi connectivity index (χ3n) is 4.87. The highest BCUT2D eigenvalue weighted by atomic mass is 19.4. The second-order valence-corrected chi connectivity index (χ2v) is 7.08. The second-order valence-electron chi connectivity index (χ2n) is 7.08. The number of anilines is 1. The zero-order valence-corrected chi connectivity index (χ0v) is 16.9. The van der Waals surface area contributed by atoms with Crippen molar-refractivity contribution < 1.29 is 22.8 Å². The van der Waals surface area contributed by atoms with Gasteiger partial charge in [-0.05, 0) is 31.0 Å². The number of carbonyl (C=O) groups is 2. The topological polar surface area (TPSA) is 40.6 Å². The van der Waals surface area contributed by atoms with Crippen molar-refractivity contribution in [2.24, 2.45) is 0 Å². The van der Waals surface area contributed by atoms with Crippen LogP contribution in [-0.4, -0.2) is 29.8 Å². The minimum atomic E-state index is -4.70. The number of rotatable bonds is 6. The fourth-order valence-corrected chi connectivity index (χ4v) is 3.60. The Morgan fingerprint density at radius 3 is 2.03 bits per heavy atom. The number of alkyl halides is 3. The molecule has 1 heterocycles. The summed E-state index contributed by atoms with van der Waals surface area (Å²) in [6, 6.07) is 11.2. The van der Waals surface area contributed by atoms with Gasteiger partial charge < -0.3 is 4.90 Å². The molecule has 0 aromatic heterocycles. The van der Waals surface area contributed by atoms with Crippen molar-refractivity contribution in [1.82, 2.24) is 4.90 Å². The molecule has 1 aliphatic rings. The molecular formula is C23H23F3N2O2. The van der Waals surface area contributed by atoms with Crippen molar-refractivity contribution in [3.05, 3.63) is 71.4 Å². The lowest BCUT2D eigenvalue weighted by Gasteiger charge is -2.31. The molecule has 0 saturated heterocycles. The molecule has 0 fully saturated rings. The molecular weight excluding hydrogens is 393 g/mol. The predicted molar refractivity (Wildman–Crippen MR) is 110 cm³/mol. The Kier molecular flexibility index (Phi) is 6.29. The van der Waals surface area contributed by atoms with Gasteiger partial charge in [0.05, 0.1) is 16.8 Å². The maximum absolute atomic E-state index is 13.6. The smallest absolute Gasteiger partial charge is 0.377 e. The van der Waals surface area contributed by atoms with Crippen molar-refractivity contribution in [3.8, 4) is 0 Å². The highest BCUT2D eigenvalue weighted by Crippen LogP contribution is 2.40. The minimum Gasteiger partial charge on any atom is -0.377 e. The van der Waals surface area contributed by atoms with Crippen molar-refractivity contribution in [2.75, 3.05) is 18.0 Å². The first-order valence-electron chi connectivity index (χ1n) is 9.89. The van der Waals surface area contributed by atoms with Gasteiger partial charge in [-0.2, -0.15) is 13.2 Å². The lowest BCUT2D eigenvalue weighted by atomic mass is 9.93. The van der Waals surface area contributed by atoms with Gasteiger partial charge in [0.25, 0.3) is 11.8 Å². The van der Waals surface area contributed by atoms with Crippen LogP contribution in [0.15, 0.2) is 54.7 Å². The summed E-state index contributed by atoms with van der Waals surface area (Å²) < 4.78 is 40.8. The van der Waals surface area contributed by atoms with Crippen LogP contribution in [0.5, 0.6) is 0 Å². The summed E-state index contributed by atoms with van der Waals surface area (Å²) in [6.07, 6.45) is -1.34. The van der Waals surface area contributed by atoms with E-state index >= 15 is 0 Å². The molecule has 0 spiro atoms. The number of para-hydroxylation sites is 1. The molecule has 0 atom stereocenters. The summed E-state index contributed by atoms with van der Waals surface area (Å²) >= 11 is 0. The molecule has 3 rings (SSSR count). The first kappa shape index (κ1) is 21.6. The molecule has 0 saturated carbocycles. The van der Waals surface area contributed by atoms with Crippen LogP contribution >= 0.6 is 0 Å². The molecule has 7 heteroatoms. The van der Waals surface area contributed by atoms with Crippen LogP contribution < -0.4 is 4.90 Å². The van der Waals surface area contributed by atoms with Crippen LogP contribution in [0.1, 0.15) is 48.2 Å². The lowest BCUT2D eigenvalue weighted by molar-refractivity contribution is -0.137. The first-order valence-corrected chi connectivity index (χ1v) is 9.89. The van der Waals surface area contributed by atoms with Gasteiger partial charge in [-0.25, -0.2) is 4.90 Å². The number of nitrogens with zero attached hydrogens (tertiary/aromatic N) is 2. The number of halogens is 3. The molecule has 0 aliphatic carbocycles. The SMILES string of the molecule is CCCN(/C=C1/C(=O)N(c2ccccc2C(F)(F)F)C(=O)c2ccccc21)CCC. The van der Waals surface area contributed by atoms with E-state index in [1.807, 2.05) is 18.7 Å². The average Bonchev–Trinajstić information content (AvgIpc) is 2.71. The largest absolute Gasteiger partial charge is 0.418 e. The van der Waals surface area contributed by atoms with Gasteiger partial charge in [0.15, 0.2) is 0 Å². The third kappa shape index (κ3) is 4.10. The maximum atomic E-state index is 13.6. The summed E-state index contributed by atoms with van der Waals surface area (Å²) in [5.74, 6) is -1.52. The van der Waals surface area contributed by atoms with Gasteiger partial charge in [-0.3, -0.25) is 9.59 Å². The summed E-state index contributed by atoms with van der Waals surface area (Å²) in [6.45, 7) is 5.40. The van der Waals surface area contributed by atoms with E-state index in [1.165, 1.54) is 18.2 Å². The zero-order valence-electron chi connectivity index (χ0n) is 16.9. The van der Waals surface area contributed by atoms with Gasteiger partial charge in [0.2, 0.25) is 0 Å². The third-order valence-corrected chi connectivity index (χ3v) is 4.87. The molecule has 1 aliphatic heterocycles. The van der Waals surface area contributed by atoms with E-state index in [1.54, 1.807) is 24.4 Å². The van der Waals surface area contributed by atoms with Crippen molar-refractivity contribution in [3.63, 3.8) is 0 Å². The molecule has 2 aromatic rings. The number of fused-ring (bicyclic) bond motifs is 1. The van der Waals surface area contributed by atoms with Gasteiger partial charge in [-0.15, -0.1) is 0 Å². The molecule has 2 aromatic carbocycles. The van der Waals surface area contributed by atoms with E-state index in [0.717, 1.165) is 25.0 Å². The van der Waals surface area contributed by atoms with Crippen LogP contribution in [0.2, 0.25) is 0 Å². The van der Waals surface area contributed by atoms with Gasteiger partial charge >= 0.3 is 6.18 Å². The van der Waals surface area contributed by atoms with E-state index in [-0.39, 0.29) is 11.1 Å². The summed E-state index contributed by atoms with van der Waals surface area (Å²) in [7, 11) is 0. The number of hydrogen-bond donors (Lipinski definition) is 0. The second kappa shape index (κ2) is 8.73. The van der Waals surface area contributed by atoms with Crippen molar-refractivity contribution >= 4 is 23.1 Å². The van der Waals surface area contributed by atoms with E-state index in [2.05, 4.69) is 0 Å². The Hall–Kier alpha value is -3.09. The Morgan fingerprint density at radius 2 is 1.43 bits per heavy atom. The number of imide groups is 1. The monoisotopic (exact) mass is 416 g/mol. The van der Waals surface area contributed by atoms with Gasteiger partial charge in [0, 0.05) is 30.4 Å². The van der Waals surface area contributed by atoms with Crippen LogP contribution in [0, 0.1) is 0 Å². The van der Waals surface area contributed by atoms with E-state index in [9.17, 15) is 22.8 Å². The summed E-state index contributed by atoms with van der Waals surface area (Å²) in [4.78, 5) is 29.1. The van der Waals surface area contributed by atoms with Crippen molar-refractivity contribution in [2.45, 2.75) is 32.9 Å². The van der Waals surface area contributed by atoms with E-state index in [0.29, 0.717) is 23.6 Å². The predicted octanol–water partition coefficient (Wildman–Crippen LogP) is 5.36. The quantitative estimate of drug-likeness (QED) is 0.471. The van der Waals surface area contributed by atoms with Crippen LogP contribution in [0.3, 0.4) is 0 Å². The normalized spacial score (nSPS) is 15.5. The van der Waals surface area contributed by atoms with E-state index < -0.39 is 29.2 Å². The van der Waals surface area contributed by atoms with Crippen LogP contribution in [0.25, 0.3) is 5.57 Å². The number of benzene rings is 2. The number of hydrogen-bond acceptors (Lipinski definition) is 3. The Bertz CT molecular complexity index is 976. The molecule has 158 valence electrons. The minimum absolute atomic E-state index is 0.202. The summed E-state index contributed by atoms with van der Waals surface area (Å²) in [5, 5.41) is 0. The van der Waals surface area contributed by atoms with Crippen LogP contribution in [0.4, 0.5) is 18.9 Å².